The van der Waals surface area contributed by atoms with Gasteiger partial charge in [0.05, 0.1) is 10.9 Å². The van der Waals surface area contributed by atoms with Crippen LogP contribution in [0.5, 0.6) is 5.06 Å². The summed E-state index contributed by atoms with van der Waals surface area (Å²) in [6.45, 7) is 2.53. The summed E-state index contributed by atoms with van der Waals surface area (Å²) in [5, 5.41) is 11.5. The quantitative estimate of drug-likeness (QED) is 0.850. The molecule has 96 valence electrons. The first-order chi connectivity index (χ1) is 9.13. The Morgan fingerprint density at radius 2 is 2.16 bits per heavy atom. The predicted molar refractivity (Wildman–Crippen MR) is 75.2 cm³/mol. The second-order valence-electron chi connectivity index (χ2n) is 4.08. The number of thiazole rings is 1. The molecule has 4 nitrogen and oxygen atoms in total. The van der Waals surface area contributed by atoms with E-state index in [0.29, 0.717) is 27.1 Å². The van der Waals surface area contributed by atoms with Crippen LogP contribution in [0.2, 0.25) is 0 Å². The van der Waals surface area contributed by atoms with Crippen LogP contribution >= 0.6 is 23.6 Å². The molecule has 1 N–H and O–H groups in total. The van der Waals surface area contributed by atoms with E-state index in [1.165, 1.54) is 0 Å². The van der Waals surface area contributed by atoms with E-state index >= 15 is 0 Å². The molecule has 0 fully saturated rings. The molecule has 0 saturated heterocycles. The highest BCUT2D eigenvalue weighted by Crippen LogP contribution is 2.32. The number of fused-ring (bicyclic) bond motifs is 1. The Balaban J connectivity index is 2.46. The maximum atomic E-state index is 12.1. The van der Waals surface area contributed by atoms with E-state index in [-0.39, 0.29) is 11.0 Å². The third-order valence-electron chi connectivity index (χ3n) is 3.04. The van der Waals surface area contributed by atoms with Crippen LogP contribution in [-0.4, -0.2) is 15.6 Å². The van der Waals surface area contributed by atoms with Crippen molar-refractivity contribution in [2.75, 3.05) is 0 Å². The van der Waals surface area contributed by atoms with Crippen LogP contribution in [0.1, 0.15) is 12.6 Å². The van der Waals surface area contributed by atoms with Gasteiger partial charge < -0.3 is 9.67 Å². The molecule has 1 amide bonds. The lowest BCUT2D eigenvalue weighted by Crippen LogP contribution is -2.23. The van der Waals surface area contributed by atoms with Crippen LogP contribution in [0, 0.1) is 3.95 Å². The lowest BCUT2D eigenvalue weighted by Gasteiger charge is -2.05. The molecule has 1 aliphatic rings. The molecule has 2 aromatic rings. The highest BCUT2D eigenvalue weighted by Gasteiger charge is 2.25. The SMILES string of the molecule is CCn1c(C2=c3ccccc3=NC2=O)c(O)sc1=S. The summed E-state index contributed by atoms with van der Waals surface area (Å²) < 4.78 is 2.32. The van der Waals surface area contributed by atoms with E-state index in [0.717, 1.165) is 16.6 Å². The van der Waals surface area contributed by atoms with E-state index in [4.69, 9.17) is 12.2 Å². The van der Waals surface area contributed by atoms with Gasteiger partial charge in [0.2, 0.25) is 0 Å². The highest BCUT2D eigenvalue weighted by molar-refractivity contribution is 7.73. The van der Waals surface area contributed by atoms with E-state index in [2.05, 4.69) is 4.99 Å². The van der Waals surface area contributed by atoms with Gasteiger partial charge in [-0.15, -0.1) is 0 Å². The molecule has 0 radical (unpaired) electrons. The normalized spacial score (nSPS) is 13.5. The molecular weight excluding hydrogens is 280 g/mol. The number of aromatic hydroxyl groups is 1. The predicted octanol–water partition coefficient (Wildman–Crippen LogP) is 1.36. The number of aromatic nitrogens is 1. The number of hydrogen-bond donors (Lipinski definition) is 1. The maximum Gasteiger partial charge on any atom is 0.280 e. The zero-order chi connectivity index (χ0) is 13.6. The summed E-state index contributed by atoms with van der Waals surface area (Å²) >= 11 is 6.30. The van der Waals surface area contributed by atoms with Crippen molar-refractivity contribution in [1.29, 1.82) is 0 Å². The van der Waals surface area contributed by atoms with E-state index < -0.39 is 0 Å². The molecule has 0 atom stereocenters. The first kappa shape index (κ1) is 12.3. The number of rotatable bonds is 2. The van der Waals surface area contributed by atoms with Gasteiger partial charge in [0.1, 0.15) is 5.69 Å². The molecule has 0 unspecified atom stereocenters. The van der Waals surface area contributed by atoms with Crippen molar-refractivity contribution in [1.82, 2.24) is 4.57 Å². The fraction of sp³-hybridized carbons (Fsp3) is 0.154. The van der Waals surface area contributed by atoms with Gasteiger partial charge in [-0.2, -0.15) is 0 Å². The van der Waals surface area contributed by atoms with Crippen molar-refractivity contribution < 1.29 is 9.90 Å². The summed E-state index contributed by atoms with van der Waals surface area (Å²) in [4.78, 5) is 16.1. The van der Waals surface area contributed by atoms with E-state index in [9.17, 15) is 9.90 Å². The van der Waals surface area contributed by atoms with Crippen molar-refractivity contribution in [3.8, 4) is 5.06 Å². The highest BCUT2D eigenvalue weighted by atomic mass is 32.1. The van der Waals surface area contributed by atoms with Gasteiger partial charge in [-0.05, 0) is 25.2 Å². The Bertz CT molecular complexity index is 861. The van der Waals surface area contributed by atoms with Gasteiger partial charge in [0.25, 0.3) is 5.91 Å². The number of carbonyl (C=O) groups is 1. The minimum atomic E-state index is -0.327. The third-order valence-corrected chi connectivity index (χ3v) is 4.29. The molecule has 1 aliphatic heterocycles. The van der Waals surface area contributed by atoms with Crippen molar-refractivity contribution in [3.63, 3.8) is 0 Å². The molecule has 0 aliphatic carbocycles. The Labute approximate surface area is 118 Å². The lowest BCUT2D eigenvalue weighted by atomic mass is 10.1. The molecule has 6 heteroatoms. The van der Waals surface area contributed by atoms with Gasteiger partial charge in [-0.25, -0.2) is 4.99 Å². The molecule has 2 heterocycles. The molecular formula is C13H10N2O2S2. The first-order valence-electron chi connectivity index (χ1n) is 5.79. The van der Waals surface area contributed by atoms with Crippen LogP contribution in [0.3, 0.4) is 0 Å². The number of carbonyl (C=O) groups excluding carboxylic acids is 1. The van der Waals surface area contributed by atoms with Crippen molar-refractivity contribution >= 4 is 35.0 Å². The minimum absolute atomic E-state index is 0.0714. The Morgan fingerprint density at radius 3 is 2.89 bits per heavy atom. The Hall–Kier alpha value is -1.79. The molecule has 0 saturated carbocycles. The van der Waals surface area contributed by atoms with Crippen LogP contribution in [0.15, 0.2) is 29.3 Å². The number of amides is 1. The summed E-state index contributed by atoms with van der Waals surface area (Å²) in [5.41, 5.74) is 0.915. The second kappa shape index (κ2) is 4.40. The van der Waals surface area contributed by atoms with Crippen molar-refractivity contribution in [2.24, 2.45) is 4.99 Å². The summed E-state index contributed by atoms with van der Waals surface area (Å²) in [6, 6.07) is 7.30. The zero-order valence-electron chi connectivity index (χ0n) is 10.1. The Kier molecular flexibility index (Phi) is 2.83. The van der Waals surface area contributed by atoms with Crippen LogP contribution in [0.4, 0.5) is 0 Å². The van der Waals surface area contributed by atoms with Crippen LogP contribution in [-0.2, 0) is 11.3 Å². The van der Waals surface area contributed by atoms with Crippen LogP contribution in [0.25, 0.3) is 5.57 Å². The lowest BCUT2D eigenvalue weighted by molar-refractivity contribution is -0.112. The number of benzene rings is 1. The summed E-state index contributed by atoms with van der Waals surface area (Å²) in [6.07, 6.45) is 0. The monoisotopic (exact) mass is 290 g/mol. The molecule has 0 spiro atoms. The topological polar surface area (TPSA) is 54.6 Å². The number of para-hydroxylation sites is 1. The average Bonchev–Trinajstić information content (AvgIpc) is 2.84. The molecule has 1 aromatic heterocycles. The smallest absolute Gasteiger partial charge is 0.280 e. The molecule has 3 rings (SSSR count). The fourth-order valence-corrected chi connectivity index (χ4v) is 3.48. The maximum absolute atomic E-state index is 12.1. The summed E-state index contributed by atoms with van der Waals surface area (Å²) in [5.74, 6) is -0.327. The second-order valence-corrected chi connectivity index (χ2v) is 5.70. The van der Waals surface area contributed by atoms with E-state index in [1.807, 2.05) is 25.1 Å². The first-order valence-corrected chi connectivity index (χ1v) is 7.01. The van der Waals surface area contributed by atoms with Gasteiger partial charge in [-0.3, -0.25) is 4.79 Å². The average molecular weight is 290 g/mol. The van der Waals surface area contributed by atoms with Crippen LogP contribution < -0.4 is 10.6 Å². The number of nitrogens with zero attached hydrogens (tertiary/aromatic N) is 2. The third kappa shape index (κ3) is 1.75. The Morgan fingerprint density at radius 1 is 1.42 bits per heavy atom. The molecule has 1 aromatic carbocycles. The van der Waals surface area contributed by atoms with Gasteiger partial charge in [0.15, 0.2) is 9.02 Å². The van der Waals surface area contributed by atoms with Crippen molar-refractivity contribution in [2.45, 2.75) is 13.5 Å². The van der Waals surface area contributed by atoms with E-state index in [1.54, 1.807) is 10.6 Å². The molecule has 19 heavy (non-hydrogen) atoms. The van der Waals surface area contributed by atoms with Gasteiger partial charge in [-0.1, -0.05) is 29.5 Å². The van der Waals surface area contributed by atoms with Gasteiger partial charge in [0, 0.05) is 11.8 Å². The zero-order valence-corrected chi connectivity index (χ0v) is 11.7. The molecule has 0 bridgehead atoms. The minimum Gasteiger partial charge on any atom is -0.498 e. The number of hydrogen-bond acceptors (Lipinski definition) is 4. The van der Waals surface area contributed by atoms with Gasteiger partial charge >= 0.3 is 0 Å². The van der Waals surface area contributed by atoms with Crippen molar-refractivity contribution in [3.05, 3.63) is 44.5 Å². The summed E-state index contributed by atoms with van der Waals surface area (Å²) in [7, 11) is 0. The largest absolute Gasteiger partial charge is 0.498 e. The fourth-order valence-electron chi connectivity index (χ4n) is 2.21. The standard InChI is InChI=1S/C13H10N2O2S2/c1-2-15-10(12(17)19-13(15)18)9-7-5-3-4-6-8(7)14-11(9)16/h3-6,17H,2H2,1H3.